The largest absolute Gasteiger partial charge is 0.303 e. The van der Waals surface area contributed by atoms with Gasteiger partial charge in [0.15, 0.2) is 0 Å². The number of sulfonamides is 1. The Morgan fingerprint density at radius 1 is 0.913 bits per heavy atom. The lowest BCUT2D eigenvalue weighted by molar-refractivity contribution is -0.107. The van der Waals surface area contributed by atoms with Gasteiger partial charge >= 0.3 is 0 Å². The van der Waals surface area contributed by atoms with Gasteiger partial charge in [-0.05, 0) is 17.7 Å². The van der Waals surface area contributed by atoms with Gasteiger partial charge in [-0.15, -0.1) is 0 Å². The lowest BCUT2D eigenvalue weighted by Crippen LogP contribution is -2.32. The van der Waals surface area contributed by atoms with E-state index in [9.17, 15) is 13.2 Å². The van der Waals surface area contributed by atoms with Crippen molar-refractivity contribution in [2.75, 3.05) is 13.1 Å². The van der Waals surface area contributed by atoms with E-state index in [1.165, 1.54) is 4.31 Å². The fraction of sp³-hybridized carbons (Fsp3) is 0.167. The molecule has 4 nitrogen and oxygen atoms in total. The molecular formula is C18H19NO3S. The van der Waals surface area contributed by atoms with E-state index in [0.717, 1.165) is 11.8 Å². The summed E-state index contributed by atoms with van der Waals surface area (Å²) in [5.41, 5.74) is 1.000. The van der Waals surface area contributed by atoms with Gasteiger partial charge in [-0.1, -0.05) is 60.7 Å². The van der Waals surface area contributed by atoms with Crippen molar-refractivity contribution in [2.24, 2.45) is 0 Å². The summed E-state index contributed by atoms with van der Waals surface area (Å²) in [6.45, 7) is 0.389. The lowest BCUT2D eigenvalue weighted by Gasteiger charge is -2.19. The van der Waals surface area contributed by atoms with E-state index < -0.39 is 10.0 Å². The molecule has 0 N–H and O–H groups in total. The number of benzene rings is 2. The van der Waals surface area contributed by atoms with Crippen LogP contribution in [0.2, 0.25) is 0 Å². The molecule has 0 amide bonds. The molecular weight excluding hydrogens is 310 g/mol. The summed E-state index contributed by atoms with van der Waals surface area (Å²) in [5.74, 6) is 0. The highest BCUT2D eigenvalue weighted by molar-refractivity contribution is 7.89. The van der Waals surface area contributed by atoms with Crippen LogP contribution in [0.1, 0.15) is 12.0 Å². The zero-order valence-corrected chi connectivity index (χ0v) is 13.5. The zero-order chi connectivity index (χ0) is 16.5. The number of rotatable bonds is 8. The van der Waals surface area contributed by atoms with Crippen molar-refractivity contribution in [1.29, 1.82) is 0 Å². The quantitative estimate of drug-likeness (QED) is 0.700. The van der Waals surface area contributed by atoms with Gasteiger partial charge in [-0.2, -0.15) is 4.31 Å². The van der Waals surface area contributed by atoms with Crippen molar-refractivity contribution in [3.8, 4) is 0 Å². The van der Waals surface area contributed by atoms with Crippen LogP contribution in [-0.4, -0.2) is 32.1 Å². The number of nitrogens with zero attached hydrogens (tertiary/aromatic N) is 1. The Hall–Kier alpha value is -2.24. The predicted octanol–water partition coefficient (Wildman–Crippen LogP) is 2.98. The van der Waals surface area contributed by atoms with E-state index in [-0.39, 0.29) is 24.4 Å². The molecule has 0 unspecified atom stereocenters. The average molecular weight is 329 g/mol. The number of aldehydes is 1. The summed E-state index contributed by atoms with van der Waals surface area (Å²) in [7, 11) is -3.60. The Balaban J connectivity index is 2.16. The summed E-state index contributed by atoms with van der Waals surface area (Å²) in [6.07, 6.45) is 4.56. The standard InChI is InChI=1S/C18H19NO3S/c20-16-8-15-19(14-7-11-17-9-3-1-4-10-17)23(21,22)18-12-5-2-6-13-18/h1-7,9-13,16H,8,14-15H2/b11-7+. The van der Waals surface area contributed by atoms with Crippen LogP contribution in [0.5, 0.6) is 0 Å². The maximum Gasteiger partial charge on any atom is 0.243 e. The molecule has 0 fully saturated rings. The fourth-order valence-corrected chi connectivity index (χ4v) is 3.55. The molecule has 0 aliphatic heterocycles. The molecule has 0 heterocycles. The molecule has 0 saturated heterocycles. The molecule has 0 saturated carbocycles. The van der Waals surface area contributed by atoms with Crippen molar-refractivity contribution in [2.45, 2.75) is 11.3 Å². The summed E-state index contributed by atoms with van der Waals surface area (Å²) in [6, 6.07) is 17.9. The van der Waals surface area contributed by atoms with E-state index in [1.54, 1.807) is 36.4 Å². The molecule has 2 rings (SSSR count). The third-order valence-electron chi connectivity index (χ3n) is 3.30. The Morgan fingerprint density at radius 3 is 2.13 bits per heavy atom. The predicted molar refractivity (Wildman–Crippen MR) is 91.4 cm³/mol. The minimum atomic E-state index is -3.60. The fourth-order valence-electron chi connectivity index (χ4n) is 2.12. The Kier molecular flexibility index (Phi) is 6.26. The first kappa shape index (κ1) is 17.1. The SMILES string of the molecule is O=CCCN(C/C=C/c1ccccc1)S(=O)(=O)c1ccccc1. The van der Waals surface area contributed by atoms with Gasteiger partial charge < -0.3 is 4.79 Å². The Morgan fingerprint density at radius 2 is 1.52 bits per heavy atom. The van der Waals surface area contributed by atoms with Gasteiger partial charge in [0, 0.05) is 19.5 Å². The first-order chi connectivity index (χ1) is 11.1. The summed E-state index contributed by atoms with van der Waals surface area (Å²) < 4.78 is 26.6. The minimum absolute atomic E-state index is 0.167. The normalized spacial score (nSPS) is 11.9. The highest BCUT2D eigenvalue weighted by Crippen LogP contribution is 2.15. The molecule has 0 aliphatic carbocycles. The number of carbonyl (C=O) groups is 1. The molecule has 23 heavy (non-hydrogen) atoms. The van der Waals surface area contributed by atoms with E-state index in [2.05, 4.69) is 0 Å². The van der Waals surface area contributed by atoms with Crippen LogP contribution in [0, 0.1) is 0 Å². The molecule has 120 valence electrons. The van der Waals surface area contributed by atoms with Gasteiger partial charge in [-0.3, -0.25) is 0 Å². The van der Waals surface area contributed by atoms with Crippen LogP contribution in [0.4, 0.5) is 0 Å². The molecule has 2 aromatic rings. The van der Waals surface area contributed by atoms with Crippen molar-refractivity contribution in [3.05, 3.63) is 72.3 Å². The van der Waals surface area contributed by atoms with Crippen LogP contribution < -0.4 is 0 Å². The van der Waals surface area contributed by atoms with Crippen molar-refractivity contribution < 1.29 is 13.2 Å². The number of hydrogen-bond donors (Lipinski definition) is 0. The Bertz CT molecular complexity index is 740. The van der Waals surface area contributed by atoms with Gasteiger partial charge in [0.25, 0.3) is 0 Å². The molecule has 0 atom stereocenters. The topological polar surface area (TPSA) is 54.5 Å². The second-order valence-electron chi connectivity index (χ2n) is 4.94. The second-order valence-corrected chi connectivity index (χ2v) is 6.88. The minimum Gasteiger partial charge on any atom is -0.303 e. The van der Waals surface area contributed by atoms with Crippen LogP contribution in [0.25, 0.3) is 6.08 Å². The van der Waals surface area contributed by atoms with Crippen molar-refractivity contribution in [1.82, 2.24) is 4.31 Å². The molecule has 0 aromatic heterocycles. The summed E-state index contributed by atoms with van der Waals surface area (Å²) in [5, 5.41) is 0. The first-order valence-corrected chi connectivity index (χ1v) is 8.79. The van der Waals surface area contributed by atoms with Crippen LogP contribution >= 0.6 is 0 Å². The van der Waals surface area contributed by atoms with Crippen molar-refractivity contribution in [3.63, 3.8) is 0 Å². The Labute approximate surface area is 137 Å². The van der Waals surface area contributed by atoms with Gasteiger partial charge in [0.05, 0.1) is 4.90 Å². The maximum absolute atomic E-state index is 12.7. The van der Waals surface area contributed by atoms with Crippen LogP contribution in [-0.2, 0) is 14.8 Å². The zero-order valence-electron chi connectivity index (χ0n) is 12.7. The molecule has 0 bridgehead atoms. The van der Waals surface area contributed by atoms with Gasteiger partial charge in [-0.25, -0.2) is 8.42 Å². The van der Waals surface area contributed by atoms with Crippen molar-refractivity contribution >= 4 is 22.4 Å². The smallest absolute Gasteiger partial charge is 0.243 e. The molecule has 0 radical (unpaired) electrons. The number of hydrogen-bond acceptors (Lipinski definition) is 3. The van der Waals surface area contributed by atoms with Gasteiger partial charge in [0.2, 0.25) is 10.0 Å². The highest BCUT2D eigenvalue weighted by Gasteiger charge is 2.22. The molecule has 5 heteroatoms. The lowest BCUT2D eigenvalue weighted by atomic mass is 10.2. The van der Waals surface area contributed by atoms with Gasteiger partial charge in [0.1, 0.15) is 6.29 Å². The van der Waals surface area contributed by atoms with E-state index in [0.29, 0.717) is 0 Å². The molecule has 0 spiro atoms. The maximum atomic E-state index is 12.7. The van der Waals surface area contributed by atoms with E-state index >= 15 is 0 Å². The summed E-state index contributed by atoms with van der Waals surface area (Å²) >= 11 is 0. The molecule has 2 aromatic carbocycles. The first-order valence-electron chi connectivity index (χ1n) is 7.35. The molecule has 0 aliphatic rings. The monoisotopic (exact) mass is 329 g/mol. The third-order valence-corrected chi connectivity index (χ3v) is 5.18. The average Bonchev–Trinajstić information content (AvgIpc) is 2.59. The van der Waals surface area contributed by atoms with Crippen LogP contribution in [0.15, 0.2) is 71.6 Å². The van der Waals surface area contributed by atoms with Crippen LogP contribution in [0.3, 0.4) is 0 Å². The second kappa shape index (κ2) is 8.41. The third kappa shape index (κ3) is 4.87. The van der Waals surface area contributed by atoms with E-state index in [4.69, 9.17) is 0 Å². The number of carbonyl (C=O) groups excluding carboxylic acids is 1. The summed E-state index contributed by atoms with van der Waals surface area (Å²) in [4.78, 5) is 10.9. The highest BCUT2D eigenvalue weighted by atomic mass is 32.2. The van der Waals surface area contributed by atoms with E-state index in [1.807, 2.05) is 36.4 Å².